The predicted octanol–water partition coefficient (Wildman–Crippen LogP) is 4.52. The molecule has 1 saturated heterocycles. The van der Waals surface area contributed by atoms with Crippen molar-refractivity contribution in [1.29, 1.82) is 0 Å². The Balaban J connectivity index is 1.40. The third kappa shape index (κ3) is 3.82. The third-order valence-electron chi connectivity index (χ3n) is 5.11. The highest BCUT2D eigenvalue weighted by molar-refractivity contribution is 7.98. The molecule has 1 aliphatic rings. The van der Waals surface area contributed by atoms with Crippen LogP contribution in [-0.4, -0.2) is 38.1 Å². The lowest BCUT2D eigenvalue weighted by molar-refractivity contribution is 0.528. The molecule has 2 aromatic heterocycles. The zero-order valence-electron chi connectivity index (χ0n) is 16.7. The summed E-state index contributed by atoms with van der Waals surface area (Å²) < 4.78 is 7.98. The van der Waals surface area contributed by atoms with Gasteiger partial charge in [-0.2, -0.15) is 0 Å². The number of rotatable bonds is 6. The van der Waals surface area contributed by atoms with Crippen molar-refractivity contribution in [1.82, 2.24) is 25.0 Å². The van der Waals surface area contributed by atoms with E-state index in [0.29, 0.717) is 17.5 Å². The van der Waals surface area contributed by atoms with Gasteiger partial charge in [0.2, 0.25) is 17.7 Å². The molecule has 30 heavy (non-hydrogen) atoms. The lowest BCUT2D eigenvalue weighted by Crippen LogP contribution is -2.22. The van der Waals surface area contributed by atoms with Crippen molar-refractivity contribution in [2.24, 2.45) is 0 Å². The van der Waals surface area contributed by atoms with Crippen molar-refractivity contribution >= 4 is 17.7 Å². The summed E-state index contributed by atoms with van der Waals surface area (Å²) in [7, 11) is 0. The molecule has 2 aromatic carbocycles. The van der Waals surface area contributed by atoms with Crippen molar-refractivity contribution in [2.45, 2.75) is 30.7 Å². The van der Waals surface area contributed by atoms with Crippen molar-refractivity contribution in [3.05, 3.63) is 66.1 Å². The smallest absolute Gasteiger partial charge is 0.247 e. The minimum atomic E-state index is 0.531. The summed E-state index contributed by atoms with van der Waals surface area (Å²) in [6.07, 6.45) is 2.38. The Morgan fingerprint density at radius 2 is 1.67 bits per heavy atom. The van der Waals surface area contributed by atoms with E-state index >= 15 is 0 Å². The second-order valence-corrected chi connectivity index (χ2v) is 8.25. The van der Waals surface area contributed by atoms with Gasteiger partial charge in [-0.1, -0.05) is 47.7 Å². The Morgan fingerprint density at radius 1 is 0.900 bits per heavy atom. The van der Waals surface area contributed by atoms with Gasteiger partial charge in [0.15, 0.2) is 5.16 Å². The van der Waals surface area contributed by atoms with Gasteiger partial charge in [0.1, 0.15) is 0 Å². The van der Waals surface area contributed by atoms with E-state index in [4.69, 9.17) is 4.42 Å². The molecule has 1 aliphatic heterocycles. The van der Waals surface area contributed by atoms with E-state index in [9.17, 15) is 0 Å². The second kappa shape index (κ2) is 8.31. The monoisotopic (exact) mass is 418 g/mol. The maximum absolute atomic E-state index is 5.85. The lowest BCUT2D eigenvalue weighted by Gasteiger charge is -2.18. The number of nitrogens with zero attached hydrogens (tertiary/aromatic N) is 6. The van der Waals surface area contributed by atoms with E-state index in [1.54, 1.807) is 11.8 Å². The molecule has 0 atom stereocenters. The number of anilines is 1. The van der Waals surface area contributed by atoms with Crippen LogP contribution in [0.25, 0.3) is 17.1 Å². The first-order valence-electron chi connectivity index (χ1n) is 10.1. The van der Waals surface area contributed by atoms with Crippen LogP contribution < -0.4 is 4.90 Å². The first kappa shape index (κ1) is 18.9. The minimum absolute atomic E-state index is 0.531. The number of benzene rings is 2. The van der Waals surface area contributed by atoms with E-state index in [0.717, 1.165) is 35.4 Å². The molecule has 0 unspecified atom stereocenters. The standard InChI is InChI=1S/C22H22N6OS/c1-16-9-11-18(12-10-16)28-21(27-13-5-6-14-27)25-26-22(28)30-15-19-23-24-20(29-19)17-7-3-2-4-8-17/h2-4,7-12H,5-6,13-15H2,1H3. The molecule has 3 heterocycles. The van der Waals surface area contributed by atoms with Crippen LogP contribution in [-0.2, 0) is 5.75 Å². The predicted molar refractivity (Wildman–Crippen MR) is 117 cm³/mol. The Kier molecular flexibility index (Phi) is 5.23. The molecule has 1 fully saturated rings. The number of thioether (sulfide) groups is 1. The van der Waals surface area contributed by atoms with Crippen LogP contribution in [0.4, 0.5) is 5.95 Å². The van der Waals surface area contributed by atoms with Crippen LogP contribution in [0.1, 0.15) is 24.3 Å². The average Bonchev–Trinajstić information content (AvgIpc) is 3.53. The van der Waals surface area contributed by atoms with E-state index in [2.05, 4.69) is 61.1 Å². The number of aryl methyl sites for hydroxylation is 1. The fourth-order valence-electron chi connectivity index (χ4n) is 3.53. The van der Waals surface area contributed by atoms with Crippen molar-refractivity contribution in [2.75, 3.05) is 18.0 Å². The lowest BCUT2D eigenvalue weighted by atomic mass is 10.2. The Hall–Kier alpha value is -3.13. The van der Waals surface area contributed by atoms with Crippen LogP contribution in [0.15, 0.2) is 64.2 Å². The van der Waals surface area contributed by atoms with Crippen LogP contribution >= 0.6 is 11.8 Å². The zero-order chi connectivity index (χ0) is 20.3. The normalized spacial score (nSPS) is 13.8. The molecule has 0 saturated carbocycles. The van der Waals surface area contributed by atoms with Gasteiger partial charge in [0.25, 0.3) is 0 Å². The molecule has 0 bridgehead atoms. The van der Waals surface area contributed by atoms with Gasteiger partial charge in [-0.25, -0.2) is 0 Å². The Morgan fingerprint density at radius 3 is 2.43 bits per heavy atom. The zero-order valence-corrected chi connectivity index (χ0v) is 17.5. The van der Waals surface area contributed by atoms with Crippen LogP contribution in [0.2, 0.25) is 0 Å². The van der Waals surface area contributed by atoms with Crippen LogP contribution in [0.3, 0.4) is 0 Å². The van der Waals surface area contributed by atoms with Gasteiger partial charge in [-0.05, 0) is 44.0 Å². The van der Waals surface area contributed by atoms with Crippen molar-refractivity contribution < 1.29 is 4.42 Å². The fourth-order valence-corrected chi connectivity index (χ4v) is 4.32. The maximum atomic E-state index is 5.85. The molecule has 7 nitrogen and oxygen atoms in total. The minimum Gasteiger partial charge on any atom is -0.420 e. The molecule has 0 N–H and O–H groups in total. The summed E-state index contributed by atoms with van der Waals surface area (Å²) in [5.74, 6) is 2.53. The summed E-state index contributed by atoms with van der Waals surface area (Å²) >= 11 is 1.55. The van der Waals surface area contributed by atoms with Gasteiger partial charge in [0.05, 0.1) is 11.4 Å². The van der Waals surface area contributed by atoms with Crippen molar-refractivity contribution in [3.63, 3.8) is 0 Å². The highest BCUT2D eigenvalue weighted by Crippen LogP contribution is 2.30. The molecule has 0 amide bonds. The summed E-state index contributed by atoms with van der Waals surface area (Å²) in [4.78, 5) is 2.30. The molecule has 0 spiro atoms. The molecule has 8 heteroatoms. The molecule has 0 radical (unpaired) electrons. The van der Waals surface area contributed by atoms with Gasteiger partial charge in [-0.15, -0.1) is 20.4 Å². The SMILES string of the molecule is Cc1ccc(-n2c(SCc3nnc(-c4ccccc4)o3)nnc2N2CCCC2)cc1. The van der Waals surface area contributed by atoms with E-state index in [1.807, 2.05) is 30.3 Å². The molecule has 4 aromatic rings. The first-order valence-corrected chi connectivity index (χ1v) is 11.0. The second-order valence-electron chi connectivity index (χ2n) is 7.30. The average molecular weight is 419 g/mol. The first-order chi connectivity index (χ1) is 14.8. The van der Waals surface area contributed by atoms with Crippen molar-refractivity contribution in [3.8, 4) is 17.1 Å². The Bertz CT molecular complexity index is 1120. The maximum Gasteiger partial charge on any atom is 0.247 e. The third-order valence-corrected chi connectivity index (χ3v) is 6.02. The summed E-state index contributed by atoms with van der Waals surface area (Å²) in [6, 6.07) is 18.2. The summed E-state index contributed by atoms with van der Waals surface area (Å²) in [6.45, 7) is 4.12. The molecular weight excluding hydrogens is 396 g/mol. The quantitative estimate of drug-likeness (QED) is 0.426. The van der Waals surface area contributed by atoms with Gasteiger partial charge in [-0.3, -0.25) is 4.57 Å². The molecule has 152 valence electrons. The van der Waals surface area contributed by atoms with E-state index < -0.39 is 0 Å². The number of hydrogen-bond acceptors (Lipinski definition) is 7. The number of aromatic nitrogens is 5. The highest BCUT2D eigenvalue weighted by atomic mass is 32.2. The van der Waals surface area contributed by atoms with Gasteiger partial charge < -0.3 is 9.32 Å². The number of hydrogen-bond donors (Lipinski definition) is 0. The fraction of sp³-hybridized carbons (Fsp3) is 0.273. The van der Waals surface area contributed by atoms with E-state index in [-0.39, 0.29) is 0 Å². The molecular formula is C22H22N6OS. The summed E-state index contributed by atoms with van der Waals surface area (Å²) in [5, 5.41) is 18.2. The summed E-state index contributed by atoms with van der Waals surface area (Å²) in [5.41, 5.74) is 3.20. The molecule has 5 rings (SSSR count). The largest absolute Gasteiger partial charge is 0.420 e. The van der Waals surface area contributed by atoms with E-state index in [1.165, 1.54) is 18.4 Å². The van der Waals surface area contributed by atoms with Crippen LogP contribution in [0.5, 0.6) is 0 Å². The topological polar surface area (TPSA) is 72.9 Å². The van der Waals surface area contributed by atoms with Crippen LogP contribution in [0, 0.1) is 6.92 Å². The molecule has 0 aliphatic carbocycles. The Labute approximate surface area is 179 Å². The van der Waals surface area contributed by atoms with Gasteiger partial charge >= 0.3 is 0 Å². The highest BCUT2D eigenvalue weighted by Gasteiger charge is 2.23. The van der Waals surface area contributed by atoms with Gasteiger partial charge in [0, 0.05) is 18.7 Å².